The van der Waals surface area contributed by atoms with E-state index in [1.807, 2.05) is 6.92 Å². The summed E-state index contributed by atoms with van der Waals surface area (Å²) in [6, 6.07) is 0. The summed E-state index contributed by atoms with van der Waals surface area (Å²) in [7, 11) is 0. The lowest BCUT2D eigenvalue weighted by Gasteiger charge is -2.14. The lowest BCUT2D eigenvalue weighted by molar-refractivity contribution is 0.169. The first-order valence-electron chi connectivity index (χ1n) is 8.74. The molecule has 3 nitrogen and oxygen atoms in total. The van der Waals surface area contributed by atoms with E-state index in [9.17, 15) is 10.0 Å². The summed E-state index contributed by atoms with van der Waals surface area (Å²) < 4.78 is 1.16. The Morgan fingerprint density at radius 2 is 1.61 bits per heavy atom. The van der Waals surface area contributed by atoms with Crippen LogP contribution in [0.25, 0.3) is 0 Å². The third-order valence-corrected chi connectivity index (χ3v) is 4.39. The molecule has 0 aromatic carbocycles. The molecular weight excluding hydrogens is 286 g/mol. The van der Waals surface area contributed by atoms with Gasteiger partial charge in [0, 0.05) is 11.1 Å². The second kappa shape index (κ2) is 8.37. The standard InChI is InChI=1S/C20H33NO2/c1-15-16(2)21(23)17(3)18(19(15)22)13-11-9-7-8-10-12-14-20(4,5)6/h12,14,23H,7-11,13H2,1-6H3/b14-12+. The molecule has 0 radical (unpaired) electrons. The highest BCUT2D eigenvalue weighted by molar-refractivity contribution is 5.29. The van der Waals surface area contributed by atoms with Gasteiger partial charge in [-0.1, -0.05) is 45.8 Å². The molecule has 0 spiro atoms. The van der Waals surface area contributed by atoms with Gasteiger partial charge in [-0.15, -0.1) is 0 Å². The Morgan fingerprint density at radius 3 is 2.22 bits per heavy atom. The van der Waals surface area contributed by atoms with E-state index in [0.29, 0.717) is 17.0 Å². The highest BCUT2D eigenvalue weighted by atomic mass is 16.5. The van der Waals surface area contributed by atoms with Gasteiger partial charge in [0.15, 0.2) is 5.43 Å². The number of pyridine rings is 1. The van der Waals surface area contributed by atoms with E-state index in [0.717, 1.165) is 36.0 Å². The lowest BCUT2D eigenvalue weighted by atomic mass is 9.95. The molecule has 0 atom stereocenters. The van der Waals surface area contributed by atoms with Crippen LogP contribution in [0.4, 0.5) is 0 Å². The molecule has 0 aliphatic heterocycles. The fraction of sp³-hybridized carbons (Fsp3) is 0.650. The highest BCUT2D eigenvalue weighted by Crippen LogP contribution is 2.16. The maximum absolute atomic E-state index is 12.3. The average molecular weight is 319 g/mol. The normalized spacial score (nSPS) is 12.3. The third-order valence-electron chi connectivity index (χ3n) is 4.39. The Labute approximate surface area is 141 Å². The zero-order valence-electron chi connectivity index (χ0n) is 15.7. The first kappa shape index (κ1) is 19.5. The molecule has 3 heteroatoms. The van der Waals surface area contributed by atoms with Gasteiger partial charge in [0.05, 0.1) is 11.4 Å². The van der Waals surface area contributed by atoms with Crippen molar-refractivity contribution in [3.8, 4) is 0 Å². The van der Waals surface area contributed by atoms with Gasteiger partial charge in [0.2, 0.25) is 0 Å². The number of hydrogen-bond donors (Lipinski definition) is 1. The fourth-order valence-corrected chi connectivity index (χ4v) is 2.74. The summed E-state index contributed by atoms with van der Waals surface area (Å²) in [6.07, 6.45) is 10.9. The van der Waals surface area contributed by atoms with Crippen LogP contribution in [-0.2, 0) is 6.42 Å². The largest absolute Gasteiger partial charge is 0.428 e. The Morgan fingerprint density at radius 1 is 1.00 bits per heavy atom. The number of nitrogens with zero attached hydrogens (tertiary/aromatic N) is 1. The van der Waals surface area contributed by atoms with E-state index in [1.165, 1.54) is 12.8 Å². The van der Waals surface area contributed by atoms with Crippen LogP contribution in [0.3, 0.4) is 0 Å². The van der Waals surface area contributed by atoms with Gasteiger partial charge >= 0.3 is 0 Å². The van der Waals surface area contributed by atoms with E-state index in [1.54, 1.807) is 13.8 Å². The zero-order chi connectivity index (χ0) is 17.6. The van der Waals surface area contributed by atoms with E-state index in [-0.39, 0.29) is 10.8 Å². The van der Waals surface area contributed by atoms with Crippen LogP contribution in [0, 0.1) is 26.2 Å². The van der Waals surface area contributed by atoms with Crippen molar-refractivity contribution in [3.05, 3.63) is 44.9 Å². The van der Waals surface area contributed by atoms with Crippen molar-refractivity contribution in [3.63, 3.8) is 0 Å². The summed E-state index contributed by atoms with van der Waals surface area (Å²) in [5.41, 5.74) is 3.11. The molecule has 1 N–H and O–H groups in total. The molecular formula is C20H33NO2. The van der Waals surface area contributed by atoms with Crippen LogP contribution in [0.2, 0.25) is 0 Å². The number of hydrogen-bond acceptors (Lipinski definition) is 2. The maximum Gasteiger partial charge on any atom is 0.188 e. The van der Waals surface area contributed by atoms with Crippen molar-refractivity contribution in [2.45, 2.75) is 80.1 Å². The lowest BCUT2D eigenvalue weighted by Crippen LogP contribution is -2.22. The summed E-state index contributed by atoms with van der Waals surface area (Å²) in [5, 5.41) is 10.0. The van der Waals surface area contributed by atoms with Crippen molar-refractivity contribution >= 4 is 0 Å². The van der Waals surface area contributed by atoms with Crippen molar-refractivity contribution in [2.75, 3.05) is 0 Å². The highest BCUT2D eigenvalue weighted by Gasteiger charge is 2.13. The average Bonchev–Trinajstić information content (AvgIpc) is 2.47. The van der Waals surface area contributed by atoms with Gasteiger partial charge in [-0.2, -0.15) is 4.73 Å². The number of rotatable bonds is 7. The molecule has 0 fully saturated rings. The number of unbranched alkanes of at least 4 members (excludes halogenated alkanes) is 4. The quantitative estimate of drug-likeness (QED) is 0.431. The van der Waals surface area contributed by atoms with Gasteiger partial charge in [-0.3, -0.25) is 4.79 Å². The molecule has 0 unspecified atom stereocenters. The Hall–Kier alpha value is -1.51. The summed E-state index contributed by atoms with van der Waals surface area (Å²) in [4.78, 5) is 12.3. The first-order chi connectivity index (χ1) is 10.6. The van der Waals surface area contributed by atoms with Crippen LogP contribution in [-0.4, -0.2) is 9.94 Å². The number of aromatic nitrogens is 1. The van der Waals surface area contributed by atoms with E-state index < -0.39 is 0 Å². The first-order valence-corrected chi connectivity index (χ1v) is 8.74. The molecule has 0 aliphatic rings. The Kier molecular flexibility index (Phi) is 7.11. The topological polar surface area (TPSA) is 42.2 Å². The SMILES string of the molecule is Cc1c(C)n(O)c(C)c(CCCCCC/C=C/C(C)(C)C)c1=O. The Bertz CT molecular complexity index is 604. The van der Waals surface area contributed by atoms with Crippen LogP contribution in [0.5, 0.6) is 0 Å². The molecule has 130 valence electrons. The second-order valence-corrected chi connectivity index (χ2v) is 7.64. The van der Waals surface area contributed by atoms with Crippen molar-refractivity contribution in [2.24, 2.45) is 5.41 Å². The summed E-state index contributed by atoms with van der Waals surface area (Å²) in [5.74, 6) is 0. The molecule has 1 rings (SSSR count). The number of allylic oxidation sites excluding steroid dienone is 2. The minimum atomic E-state index is 0.0958. The van der Waals surface area contributed by atoms with Crippen molar-refractivity contribution in [1.29, 1.82) is 0 Å². The molecule has 1 aromatic heterocycles. The van der Waals surface area contributed by atoms with Gasteiger partial charge in [-0.05, 0) is 51.9 Å². The molecule has 0 saturated heterocycles. The van der Waals surface area contributed by atoms with Crippen LogP contribution in [0.1, 0.15) is 75.4 Å². The van der Waals surface area contributed by atoms with Crippen LogP contribution >= 0.6 is 0 Å². The molecule has 0 amide bonds. The van der Waals surface area contributed by atoms with Gasteiger partial charge in [-0.25, -0.2) is 0 Å². The molecule has 0 bridgehead atoms. The predicted molar refractivity (Wildman–Crippen MR) is 97.5 cm³/mol. The van der Waals surface area contributed by atoms with E-state index >= 15 is 0 Å². The molecule has 0 aliphatic carbocycles. The smallest absolute Gasteiger partial charge is 0.188 e. The zero-order valence-corrected chi connectivity index (χ0v) is 15.7. The van der Waals surface area contributed by atoms with Gasteiger partial charge < -0.3 is 5.21 Å². The van der Waals surface area contributed by atoms with Crippen LogP contribution < -0.4 is 5.43 Å². The monoisotopic (exact) mass is 319 g/mol. The molecule has 1 aromatic rings. The minimum Gasteiger partial charge on any atom is -0.428 e. The third kappa shape index (κ3) is 5.89. The summed E-state index contributed by atoms with van der Waals surface area (Å²) in [6.45, 7) is 12.0. The fourth-order valence-electron chi connectivity index (χ4n) is 2.74. The summed E-state index contributed by atoms with van der Waals surface area (Å²) >= 11 is 0. The van der Waals surface area contributed by atoms with Crippen molar-refractivity contribution in [1.82, 2.24) is 4.73 Å². The Balaban J connectivity index is 2.43. The predicted octanol–water partition coefficient (Wildman–Crippen LogP) is 5.11. The molecule has 0 saturated carbocycles. The second-order valence-electron chi connectivity index (χ2n) is 7.64. The van der Waals surface area contributed by atoms with Gasteiger partial charge in [0.25, 0.3) is 0 Å². The van der Waals surface area contributed by atoms with Gasteiger partial charge in [0.1, 0.15) is 0 Å². The minimum absolute atomic E-state index is 0.0958. The molecule has 23 heavy (non-hydrogen) atoms. The maximum atomic E-state index is 12.3. The van der Waals surface area contributed by atoms with Crippen LogP contribution in [0.15, 0.2) is 16.9 Å². The van der Waals surface area contributed by atoms with E-state index in [2.05, 4.69) is 32.9 Å². The van der Waals surface area contributed by atoms with Crippen molar-refractivity contribution < 1.29 is 5.21 Å². The molecule has 1 heterocycles. The van der Waals surface area contributed by atoms with E-state index in [4.69, 9.17) is 0 Å².